The van der Waals surface area contributed by atoms with Crippen molar-refractivity contribution >= 4 is 37.6 Å². The molecule has 0 aliphatic heterocycles. The molecule has 0 saturated carbocycles. The summed E-state index contributed by atoms with van der Waals surface area (Å²) in [6, 6.07) is 0. The Balaban J connectivity index is 0. The molecule has 0 rings (SSSR count). The molecular weight excluding hydrogens is 344 g/mol. The molecule has 0 amide bonds. The molecule has 0 bridgehead atoms. The molecule has 0 unspecified atom stereocenters. The van der Waals surface area contributed by atoms with Gasteiger partial charge >= 0.3 is 52.5 Å². The van der Waals surface area contributed by atoms with Gasteiger partial charge in [-0.3, -0.25) is 9.59 Å². The number of carboxylic acids is 3. The van der Waals surface area contributed by atoms with E-state index < -0.39 is 36.4 Å². The van der Waals surface area contributed by atoms with Gasteiger partial charge in [0.1, 0.15) is 0 Å². The quantitative estimate of drug-likeness (QED) is 0.507. The van der Waals surface area contributed by atoms with E-state index in [0.717, 1.165) is 0 Å². The van der Waals surface area contributed by atoms with Gasteiger partial charge < -0.3 is 20.4 Å². The van der Waals surface area contributed by atoms with Gasteiger partial charge in [-0.15, -0.1) is 0 Å². The van der Waals surface area contributed by atoms with E-state index >= 15 is 0 Å². The SMILES string of the molecule is O=C(O)CC(O)(CC(=O)O)C(=O)O.[S]=[Mo]=[S]. The first-order valence-corrected chi connectivity index (χ1v) is 9.09. The topological polar surface area (TPSA) is 132 Å². The van der Waals surface area contributed by atoms with E-state index in [1.54, 1.807) is 0 Å². The number of hydrogen-bond acceptors (Lipinski definition) is 6. The van der Waals surface area contributed by atoms with Gasteiger partial charge in [-0.25, -0.2) is 4.79 Å². The zero-order valence-corrected chi connectivity index (χ0v) is 11.3. The monoisotopic (exact) mass is 354 g/mol. The van der Waals surface area contributed by atoms with Crippen LogP contribution in [0.1, 0.15) is 12.8 Å². The summed E-state index contributed by atoms with van der Waals surface area (Å²) in [5.41, 5.74) is -2.74. The molecule has 0 aromatic carbocycles. The maximum absolute atomic E-state index is 10.3. The second-order valence-corrected chi connectivity index (χ2v) is 6.10. The Morgan fingerprint density at radius 3 is 1.38 bits per heavy atom. The van der Waals surface area contributed by atoms with Gasteiger partial charge in [-0.1, -0.05) is 0 Å². The Hall–Kier alpha value is -0.502. The van der Waals surface area contributed by atoms with Crippen molar-refractivity contribution in [2.24, 2.45) is 0 Å². The first-order chi connectivity index (χ1) is 7.19. The molecule has 4 N–H and O–H groups in total. The van der Waals surface area contributed by atoms with Crippen molar-refractivity contribution in [3.63, 3.8) is 0 Å². The molecule has 0 aliphatic rings. The average Bonchev–Trinajstić information content (AvgIpc) is 2.01. The van der Waals surface area contributed by atoms with Crippen molar-refractivity contribution < 1.29 is 49.7 Å². The molecule has 0 aliphatic carbocycles. The predicted octanol–water partition coefficient (Wildman–Crippen LogP) is 0.0454. The summed E-state index contributed by atoms with van der Waals surface area (Å²) in [5, 5.41) is 33.8. The summed E-state index contributed by atoms with van der Waals surface area (Å²) in [4.78, 5) is 30.5. The van der Waals surface area contributed by atoms with E-state index in [9.17, 15) is 14.4 Å². The van der Waals surface area contributed by atoms with Crippen LogP contribution in [0.25, 0.3) is 0 Å². The van der Waals surface area contributed by atoms with Gasteiger partial charge in [0.15, 0.2) is 5.60 Å². The van der Waals surface area contributed by atoms with Crippen molar-refractivity contribution in [3.05, 3.63) is 0 Å². The first-order valence-electron chi connectivity index (χ1n) is 3.50. The van der Waals surface area contributed by atoms with Gasteiger partial charge in [0.05, 0.1) is 12.8 Å². The van der Waals surface area contributed by atoms with E-state index in [4.69, 9.17) is 20.4 Å². The second kappa shape index (κ2) is 8.63. The van der Waals surface area contributed by atoms with Crippen LogP contribution >= 0.6 is 19.6 Å². The van der Waals surface area contributed by atoms with Crippen LogP contribution in [-0.4, -0.2) is 43.9 Å². The Kier molecular flexibility index (Phi) is 9.64. The first kappa shape index (κ1) is 17.9. The predicted molar refractivity (Wildman–Crippen MR) is 52.3 cm³/mol. The number of aliphatic carboxylic acids is 3. The molecule has 16 heavy (non-hydrogen) atoms. The minimum absolute atomic E-state index is 0.363. The van der Waals surface area contributed by atoms with Crippen LogP contribution in [0, 0.1) is 0 Å². The summed E-state index contributed by atoms with van der Waals surface area (Å²) in [6.45, 7) is 0. The molecule has 0 heterocycles. The molecular formula is C6H8MoO7S2. The Labute approximate surface area is 106 Å². The van der Waals surface area contributed by atoms with E-state index in [-0.39, 0.29) is 14.9 Å². The molecule has 10 heteroatoms. The van der Waals surface area contributed by atoms with Crippen LogP contribution in [0.2, 0.25) is 0 Å². The molecule has 0 saturated heterocycles. The zero-order chi connectivity index (χ0) is 13.4. The van der Waals surface area contributed by atoms with Gasteiger partial charge in [-0.2, -0.15) is 0 Å². The molecule has 7 nitrogen and oxygen atoms in total. The third-order valence-electron chi connectivity index (χ3n) is 1.29. The summed E-state index contributed by atoms with van der Waals surface area (Å²) in [6.07, 6.45) is -2.29. The van der Waals surface area contributed by atoms with Gasteiger partial charge in [0, 0.05) is 0 Å². The van der Waals surface area contributed by atoms with Crippen LogP contribution < -0.4 is 0 Å². The Morgan fingerprint density at radius 2 is 1.25 bits per heavy atom. The number of carboxylic acid groups (broad SMARTS) is 3. The third-order valence-corrected chi connectivity index (χ3v) is 1.29. The van der Waals surface area contributed by atoms with Crippen molar-refractivity contribution in [1.29, 1.82) is 0 Å². The molecule has 0 atom stereocenters. The number of carbonyl (C=O) groups is 3. The summed E-state index contributed by atoms with van der Waals surface area (Å²) in [5.74, 6) is -5.02. The Morgan fingerprint density at radius 1 is 1.00 bits per heavy atom. The molecule has 0 fully saturated rings. The van der Waals surface area contributed by atoms with E-state index in [1.807, 2.05) is 0 Å². The fourth-order valence-electron chi connectivity index (χ4n) is 0.714. The molecule has 92 valence electrons. The van der Waals surface area contributed by atoms with Crippen molar-refractivity contribution in [2.75, 3.05) is 0 Å². The van der Waals surface area contributed by atoms with E-state index in [1.165, 1.54) is 0 Å². The van der Waals surface area contributed by atoms with Crippen LogP contribution in [0.4, 0.5) is 0 Å². The number of rotatable bonds is 5. The van der Waals surface area contributed by atoms with Gasteiger partial charge in [0.2, 0.25) is 0 Å². The average molecular weight is 352 g/mol. The van der Waals surface area contributed by atoms with Gasteiger partial charge in [0.25, 0.3) is 0 Å². The summed E-state index contributed by atoms with van der Waals surface area (Å²) >= 11 is -0.363. The number of aliphatic hydroxyl groups is 1. The van der Waals surface area contributed by atoms with Crippen LogP contribution in [-0.2, 0) is 29.3 Å². The fraction of sp³-hybridized carbons (Fsp3) is 0.500. The maximum atomic E-state index is 10.3. The third kappa shape index (κ3) is 8.78. The molecule has 0 radical (unpaired) electrons. The molecule has 0 aromatic heterocycles. The van der Waals surface area contributed by atoms with E-state index in [2.05, 4.69) is 19.6 Å². The van der Waals surface area contributed by atoms with Crippen molar-refractivity contribution in [3.8, 4) is 0 Å². The van der Waals surface area contributed by atoms with Crippen LogP contribution in [0.5, 0.6) is 0 Å². The van der Waals surface area contributed by atoms with E-state index in [0.29, 0.717) is 0 Å². The summed E-state index contributed by atoms with van der Waals surface area (Å²) < 4.78 is 0. The fourth-order valence-corrected chi connectivity index (χ4v) is 0.714. The second-order valence-electron chi connectivity index (χ2n) is 2.55. The number of hydrogen-bond donors (Lipinski definition) is 4. The summed E-state index contributed by atoms with van der Waals surface area (Å²) in [7, 11) is 8.68. The molecule has 0 spiro atoms. The standard InChI is InChI=1S/C6H8O7.Mo.2S/c7-3(8)1-6(13,5(11)12)2-4(9)10;;;/h13H,1-2H2,(H,7,8)(H,9,10)(H,11,12);;;. The minimum atomic E-state index is -2.74. The molecule has 0 aromatic rings. The van der Waals surface area contributed by atoms with Crippen molar-refractivity contribution in [2.45, 2.75) is 18.4 Å². The van der Waals surface area contributed by atoms with Crippen LogP contribution in [0.3, 0.4) is 0 Å². The zero-order valence-electron chi connectivity index (χ0n) is 7.65. The van der Waals surface area contributed by atoms with Gasteiger partial charge in [-0.05, 0) is 0 Å². The Bertz CT molecular complexity index is 307. The van der Waals surface area contributed by atoms with Crippen molar-refractivity contribution in [1.82, 2.24) is 0 Å². The normalized spacial score (nSPS) is 9.56. The van der Waals surface area contributed by atoms with Crippen LogP contribution in [0.15, 0.2) is 0 Å².